The lowest BCUT2D eigenvalue weighted by Crippen LogP contribution is -2.08. The van der Waals surface area contributed by atoms with Crippen LogP contribution in [0.4, 0.5) is 0 Å². The summed E-state index contributed by atoms with van der Waals surface area (Å²) in [6.45, 7) is 9.34. The van der Waals surface area contributed by atoms with Crippen molar-refractivity contribution in [3.8, 4) is 0 Å². The summed E-state index contributed by atoms with van der Waals surface area (Å²) in [5.74, 6) is -2.28. The molecule has 0 bridgehead atoms. The first-order chi connectivity index (χ1) is 13.0. The number of hydrogen-bond acceptors (Lipinski definition) is 4. The number of aliphatic carboxylic acids is 2. The van der Waals surface area contributed by atoms with E-state index in [1.807, 2.05) is 44.2 Å². The van der Waals surface area contributed by atoms with Gasteiger partial charge in [-0.1, -0.05) is 62.9 Å². The highest BCUT2D eigenvalue weighted by atomic mass is 16.5. The van der Waals surface area contributed by atoms with E-state index in [1.54, 1.807) is 19.1 Å². The van der Waals surface area contributed by atoms with Crippen molar-refractivity contribution in [2.45, 2.75) is 40.2 Å². The van der Waals surface area contributed by atoms with Crippen LogP contribution in [0, 0.1) is 5.41 Å². The third kappa shape index (κ3) is 14.1. The number of carbonyl (C=O) groups is 3. The van der Waals surface area contributed by atoms with Gasteiger partial charge in [0.25, 0.3) is 0 Å². The third-order valence-corrected chi connectivity index (χ3v) is 3.42. The molecule has 0 heterocycles. The minimum absolute atomic E-state index is 0.127. The Kier molecular flexibility index (Phi) is 11.6. The molecule has 0 saturated carbocycles. The van der Waals surface area contributed by atoms with E-state index in [0.29, 0.717) is 25.0 Å². The molecule has 0 aliphatic rings. The minimum Gasteiger partial charge on any atom is -0.478 e. The maximum atomic E-state index is 11.0. The zero-order chi connectivity index (χ0) is 21.6. The van der Waals surface area contributed by atoms with Crippen LogP contribution in [0.5, 0.6) is 0 Å². The number of esters is 1. The SMILES string of the molecule is C=C(C)C(=O)OCc1ccccc1.CC(C)(CC=CC(=O)O)CC=CC(=O)O. The number of carboxylic acids is 2. The van der Waals surface area contributed by atoms with Gasteiger partial charge in [0, 0.05) is 17.7 Å². The summed E-state index contributed by atoms with van der Waals surface area (Å²) in [5, 5.41) is 16.8. The van der Waals surface area contributed by atoms with Gasteiger partial charge in [-0.3, -0.25) is 0 Å². The highest BCUT2D eigenvalue weighted by Gasteiger charge is 2.14. The molecule has 1 aromatic carbocycles. The van der Waals surface area contributed by atoms with Crippen molar-refractivity contribution in [2.24, 2.45) is 5.41 Å². The number of ether oxygens (including phenoxy) is 1. The molecule has 152 valence electrons. The van der Waals surface area contributed by atoms with Crippen LogP contribution in [0.25, 0.3) is 0 Å². The van der Waals surface area contributed by atoms with E-state index in [2.05, 4.69) is 6.58 Å². The van der Waals surface area contributed by atoms with Gasteiger partial charge in [-0.25, -0.2) is 14.4 Å². The molecular formula is C22H28O6. The van der Waals surface area contributed by atoms with Crippen molar-refractivity contribution in [3.05, 3.63) is 72.4 Å². The smallest absolute Gasteiger partial charge is 0.333 e. The first-order valence-corrected chi connectivity index (χ1v) is 8.69. The van der Waals surface area contributed by atoms with Gasteiger partial charge < -0.3 is 14.9 Å². The Hall–Kier alpha value is -3.15. The lowest BCUT2D eigenvalue weighted by Gasteiger charge is -2.20. The second kappa shape index (κ2) is 13.1. The summed E-state index contributed by atoms with van der Waals surface area (Å²) in [4.78, 5) is 31.4. The average Bonchev–Trinajstić information content (AvgIpc) is 2.60. The summed E-state index contributed by atoms with van der Waals surface area (Å²) in [6.07, 6.45) is 6.56. The molecule has 0 atom stereocenters. The Morgan fingerprint density at radius 3 is 1.86 bits per heavy atom. The zero-order valence-electron chi connectivity index (χ0n) is 16.6. The molecule has 0 aromatic heterocycles. The van der Waals surface area contributed by atoms with E-state index in [0.717, 1.165) is 17.7 Å². The van der Waals surface area contributed by atoms with Gasteiger partial charge >= 0.3 is 17.9 Å². The number of carboxylic acid groups (broad SMARTS) is 2. The van der Waals surface area contributed by atoms with E-state index in [9.17, 15) is 14.4 Å². The Bertz CT molecular complexity index is 686. The molecule has 0 fully saturated rings. The molecule has 0 aliphatic heterocycles. The molecule has 28 heavy (non-hydrogen) atoms. The standard InChI is InChI=1S/C11H16O4.C11H12O2/c1-11(2,7-3-5-9(12)13)8-4-6-10(14)15;1-9(2)11(12)13-8-10-6-4-3-5-7-10/h3-6H,7-8H2,1-2H3,(H,12,13)(H,14,15);3-7H,1,8H2,2H3. The van der Waals surface area contributed by atoms with Crippen molar-refractivity contribution in [3.63, 3.8) is 0 Å². The number of rotatable bonds is 9. The Morgan fingerprint density at radius 1 is 1.00 bits per heavy atom. The molecule has 1 aromatic rings. The number of hydrogen-bond donors (Lipinski definition) is 2. The van der Waals surface area contributed by atoms with Crippen molar-refractivity contribution >= 4 is 17.9 Å². The first-order valence-electron chi connectivity index (χ1n) is 8.69. The van der Waals surface area contributed by atoms with E-state index in [1.165, 1.54) is 0 Å². The molecule has 1 rings (SSSR count). The fourth-order valence-corrected chi connectivity index (χ4v) is 1.89. The second-order valence-corrected chi connectivity index (χ2v) is 6.90. The maximum Gasteiger partial charge on any atom is 0.333 e. The molecule has 0 aliphatic carbocycles. The Balaban J connectivity index is 0.000000525. The minimum atomic E-state index is -0.966. The molecule has 6 heteroatoms. The monoisotopic (exact) mass is 388 g/mol. The maximum absolute atomic E-state index is 11.0. The van der Waals surface area contributed by atoms with Crippen molar-refractivity contribution in [1.82, 2.24) is 0 Å². The molecule has 0 saturated heterocycles. The molecule has 0 spiro atoms. The fourth-order valence-electron chi connectivity index (χ4n) is 1.89. The van der Waals surface area contributed by atoms with E-state index in [-0.39, 0.29) is 11.4 Å². The van der Waals surface area contributed by atoms with Gasteiger partial charge in [0.1, 0.15) is 6.61 Å². The van der Waals surface area contributed by atoms with Crippen LogP contribution < -0.4 is 0 Å². The van der Waals surface area contributed by atoms with Gasteiger partial charge in [0.2, 0.25) is 0 Å². The van der Waals surface area contributed by atoms with Crippen LogP contribution in [-0.2, 0) is 25.7 Å². The van der Waals surface area contributed by atoms with Crippen LogP contribution in [0.2, 0.25) is 0 Å². The van der Waals surface area contributed by atoms with E-state index < -0.39 is 11.9 Å². The number of carbonyl (C=O) groups excluding carboxylic acids is 1. The van der Waals surface area contributed by atoms with Crippen LogP contribution in [-0.4, -0.2) is 28.1 Å². The van der Waals surface area contributed by atoms with Crippen molar-refractivity contribution in [1.29, 1.82) is 0 Å². The molecule has 2 N–H and O–H groups in total. The normalized spacial score (nSPS) is 11.0. The zero-order valence-corrected chi connectivity index (χ0v) is 16.6. The van der Waals surface area contributed by atoms with Gasteiger partial charge in [0.15, 0.2) is 0 Å². The predicted molar refractivity (Wildman–Crippen MR) is 108 cm³/mol. The van der Waals surface area contributed by atoms with Gasteiger partial charge in [-0.15, -0.1) is 0 Å². The van der Waals surface area contributed by atoms with Crippen LogP contribution >= 0.6 is 0 Å². The Labute approximate surface area is 165 Å². The quantitative estimate of drug-likeness (QED) is 0.481. The van der Waals surface area contributed by atoms with E-state index >= 15 is 0 Å². The summed E-state index contributed by atoms with van der Waals surface area (Å²) < 4.78 is 4.95. The van der Waals surface area contributed by atoms with Crippen LogP contribution in [0.1, 0.15) is 39.2 Å². The van der Waals surface area contributed by atoms with Crippen molar-refractivity contribution < 1.29 is 29.3 Å². The summed E-state index contributed by atoms with van der Waals surface area (Å²) in [7, 11) is 0. The third-order valence-electron chi connectivity index (χ3n) is 3.42. The van der Waals surface area contributed by atoms with Gasteiger partial charge in [-0.2, -0.15) is 0 Å². The Morgan fingerprint density at radius 2 is 1.46 bits per heavy atom. The molecule has 0 unspecified atom stereocenters. The molecule has 6 nitrogen and oxygen atoms in total. The average molecular weight is 388 g/mol. The largest absolute Gasteiger partial charge is 0.478 e. The highest BCUT2D eigenvalue weighted by Crippen LogP contribution is 2.25. The lowest BCUT2D eigenvalue weighted by atomic mass is 9.85. The number of benzene rings is 1. The molecule has 0 amide bonds. The fraction of sp³-hybridized carbons (Fsp3) is 0.318. The molecular weight excluding hydrogens is 360 g/mol. The summed E-state index contributed by atoms with van der Waals surface area (Å²) >= 11 is 0. The summed E-state index contributed by atoms with van der Waals surface area (Å²) in [5.41, 5.74) is 1.28. The summed E-state index contributed by atoms with van der Waals surface area (Å²) in [6, 6.07) is 9.55. The van der Waals surface area contributed by atoms with Gasteiger partial charge in [-0.05, 0) is 30.7 Å². The highest BCUT2D eigenvalue weighted by molar-refractivity contribution is 5.86. The van der Waals surface area contributed by atoms with Gasteiger partial charge in [0.05, 0.1) is 0 Å². The second-order valence-electron chi connectivity index (χ2n) is 6.90. The van der Waals surface area contributed by atoms with Crippen LogP contribution in [0.3, 0.4) is 0 Å². The van der Waals surface area contributed by atoms with E-state index in [4.69, 9.17) is 14.9 Å². The lowest BCUT2D eigenvalue weighted by molar-refractivity contribution is -0.140. The van der Waals surface area contributed by atoms with Crippen molar-refractivity contribution in [2.75, 3.05) is 0 Å². The van der Waals surface area contributed by atoms with Crippen LogP contribution in [0.15, 0.2) is 66.8 Å². The first kappa shape index (κ1) is 24.8. The molecule has 0 radical (unpaired) electrons. The topological polar surface area (TPSA) is 101 Å². The predicted octanol–water partition coefficient (Wildman–Crippen LogP) is 4.38. The number of allylic oxidation sites excluding steroid dienone is 2.